The number of aryl methyl sites for hydroxylation is 2. The Hall–Kier alpha value is -2.27. The smallest absolute Gasteiger partial charge is 0.258 e. The number of benzene rings is 1. The lowest BCUT2D eigenvalue weighted by atomic mass is 9.97. The third-order valence-electron chi connectivity index (χ3n) is 5.75. The van der Waals surface area contributed by atoms with E-state index in [1.807, 2.05) is 51.1 Å². The molecule has 1 N–H and O–H groups in total. The van der Waals surface area contributed by atoms with E-state index in [0.717, 1.165) is 47.4 Å². The molecule has 5 heteroatoms. The standard InChI is InChI=1S/C23H32N2O3/c1-16-10-12-25(13-11-16)20(22-9-8-18(3)28-22)14-24-23(26)15-27-21-7-5-6-17(2)19(21)4/h5-9,16,20H,10-15H2,1-4H3,(H,24,26)/t20-/m0/s1. The molecule has 1 aromatic heterocycles. The zero-order valence-corrected chi connectivity index (χ0v) is 17.5. The van der Waals surface area contributed by atoms with E-state index in [9.17, 15) is 4.79 Å². The van der Waals surface area contributed by atoms with E-state index in [2.05, 4.69) is 17.1 Å². The lowest BCUT2D eigenvalue weighted by molar-refractivity contribution is -0.123. The molecule has 2 aromatic rings. The fraction of sp³-hybridized carbons (Fsp3) is 0.522. The van der Waals surface area contributed by atoms with Crippen LogP contribution in [0.15, 0.2) is 34.7 Å². The van der Waals surface area contributed by atoms with Gasteiger partial charge in [-0.2, -0.15) is 0 Å². The van der Waals surface area contributed by atoms with Crippen LogP contribution in [0, 0.1) is 26.7 Å². The normalized spacial score (nSPS) is 16.7. The first kappa shape index (κ1) is 20.5. The second-order valence-corrected chi connectivity index (χ2v) is 7.97. The number of furan rings is 1. The van der Waals surface area contributed by atoms with E-state index in [-0.39, 0.29) is 18.6 Å². The van der Waals surface area contributed by atoms with Crippen molar-refractivity contribution < 1.29 is 13.9 Å². The molecule has 1 aliphatic rings. The quantitative estimate of drug-likeness (QED) is 0.778. The van der Waals surface area contributed by atoms with Crippen molar-refractivity contribution in [3.05, 3.63) is 53.0 Å². The number of carbonyl (C=O) groups excluding carboxylic acids is 1. The molecule has 0 spiro atoms. The van der Waals surface area contributed by atoms with Crippen molar-refractivity contribution in [3.63, 3.8) is 0 Å². The summed E-state index contributed by atoms with van der Waals surface area (Å²) in [5, 5.41) is 3.04. The fourth-order valence-corrected chi connectivity index (χ4v) is 3.67. The van der Waals surface area contributed by atoms with Gasteiger partial charge in [-0.05, 0) is 81.9 Å². The zero-order chi connectivity index (χ0) is 20.1. The number of amides is 1. The number of rotatable bonds is 7. The van der Waals surface area contributed by atoms with E-state index in [4.69, 9.17) is 9.15 Å². The maximum atomic E-state index is 12.4. The Kier molecular flexibility index (Phi) is 6.79. The monoisotopic (exact) mass is 384 g/mol. The Morgan fingerprint density at radius 2 is 1.96 bits per heavy atom. The van der Waals surface area contributed by atoms with E-state index in [0.29, 0.717) is 6.54 Å². The number of nitrogens with zero attached hydrogens (tertiary/aromatic N) is 1. The van der Waals surface area contributed by atoms with Gasteiger partial charge in [0, 0.05) is 6.54 Å². The van der Waals surface area contributed by atoms with Gasteiger partial charge in [0.15, 0.2) is 6.61 Å². The lowest BCUT2D eigenvalue weighted by Crippen LogP contribution is -2.42. The van der Waals surface area contributed by atoms with Crippen molar-refractivity contribution in [1.29, 1.82) is 0 Å². The van der Waals surface area contributed by atoms with Gasteiger partial charge >= 0.3 is 0 Å². The van der Waals surface area contributed by atoms with Crippen LogP contribution in [-0.2, 0) is 4.79 Å². The van der Waals surface area contributed by atoms with E-state index in [1.54, 1.807) is 0 Å². The van der Waals surface area contributed by atoms with Crippen LogP contribution in [0.5, 0.6) is 5.75 Å². The summed E-state index contributed by atoms with van der Waals surface area (Å²) in [6.07, 6.45) is 2.36. The minimum atomic E-state index is -0.112. The molecule has 1 fully saturated rings. The van der Waals surface area contributed by atoms with Crippen LogP contribution in [0.2, 0.25) is 0 Å². The van der Waals surface area contributed by atoms with Crippen molar-refractivity contribution >= 4 is 5.91 Å². The topological polar surface area (TPSA) is 54.7 Å². The highest BCUT2D eigenvalue weighted by molar-refractivity contribution is 5.77. The number of piperidine rings is 1. The highest BCUT2D eigenvalue weighted by Gasteiger charge is 2.27. The van der Waals surface area contributed by atoms with Gasteiger partial charge in [0.05, 0.1) is 6.04 Å². The summed E-state index contributed by atoms with van der Waals surface area (Å²) < 4.78 is 11.6. The minimum absolute atomic E-state index is 0.0191. The van der Waals surface area contributed by atoms with Crippen molar-refractivity contribution in [2.75, 3.05) is 26.2 Å². The predicted octanol–water partition coefficient (Wildman–Crippen LogP) is 4.17. The van der Waals surface area contributed by atoms with Crippen LogP contribution in [0.1, 0.15) is 48.5 Å². The van der Waals surface area contributed by atoms with Gasteiger partial charge in [0.2, 0.25) is 0 Å². The molecule has 5 nitrogen and oxygen atoms in total. The van der Waals surface area contributed by atoms with Gasteiger partial charge in [0.25, 0.3) is 5.91 Å². The number of carbonyl (C=O) groups is 1. The van der Waals surface area contributed by atoms with Gasteiger partial charge in [-0.1, -0.05) is 19.1 Å². The highest BCUT2D eigenvalue weighted by Crippen LogP contribution is 2.27. The average molecular weight is 385 g/mol. The maximum Gasteiger partial charge on any atom is 0.258 e. The Morgan fingerprint density at radius 3 is 2.64 bits per heavy atom. The molecule has 0 saturated carbocycles. The third kappa shape index (κ3) is 5.16. The van der Waals surface area contributed by atoms with Crippen molar-refractivity contribution in [3.8, 4) is 5.75 Å². The molecule has 1 atom stereocenters. The summed E-state index contributed by atoms with van der Waals surface area (Å²) in [6.45, 7) is 10.9. The molecule has 1 amide bonds. The van der Waals surface area contributed by atoms with Gasteiger partial charge in [0.1, 0.15) is 17.3 Å². The first-order valence-corrected chi connectivity index (χ1v) is 10.2. The van der Waals surface area contributed by atoms with E-state index < -0.39 is 0 Å². The average Bonchev–Trinajstić information content (AvgIpc) is 3.10. The molecule has 0 unspecified atom stereocenters. The molecular weight excluding hydrogens is 352 g/mol. The first-order chi connectivity index (χ1) is 13.4. The largest absolute Gasteiger partial charge is 0.483 e. The molecular formula is C23H32N2O3. The lowest BCUT2D eigenvalue weighted by Gasteiger charge is -2.35. The second-order valence-electron chi connectivity index (χ2n) is 7.97. The Bertz CT molecular complexity index is 791. The van der Waals surface area contributed by atoms with Crippen molar-refractivity contribution in [1.82, 2.24) is 10.2 Å². The Balaban J connectivity index is 1.58. The molecule has 1 aromatic carbocycles. The van der Waals surface area contributed by atoms with Gasteiger partial charge in [-0.15, -0.1) is 0 Å². The van der Waals surface area contributed by atoms with Gasteiger partial charge in [-0.3, -0.25) is 9.69 Å². The number of ether oxygens (including phenoxy) is 1. The molecule has 0 bridgehead atoms. The second kappa shape index (κ2) is 9.28. The summed E-state index contributed by atoms with van der Waals surface area (Å²) >= 11 is 0. The van der Waals surface area contributed by atoms with E-state index in [1.165, 1.54) is 12.8 Å². The molecule has 28 heavy (non-hydrogen) atoms. The summed E-state index contributed by atoms with van der Waals surface area (Å²) in [6, 6.07) is 9.96. The van der Waals surface area contributed by atoms with E-state index >= 15 is 0 Å². The molecule has 2 heterocycles. The Labute approximate surface area is 168 Å². The zero-order valence-electron chi connectivity index (χ0n) is 17.5. The maximum absolute atomic E-state index is 12.4. The van der Waals surface area contributed by atoms with Crippen molar-refractivity contribution in [2.45, 2.75) is 46.6 Å². The van der Waals surface area contributed by atoms with Gasteiger partial charge in [-0.25, -0.2) is 0 Å². The van der Waals surface area contributed by atoms with Crippen LogP contribution < -0.4 is 10.1 Å². The third-order valence-corrected chi connectivity index (χ3v) is 5.75. The Morgan fingerprint density at radius 1 is 1.21 bits per heavy atom. The predicted molar refractivity (Wildman–Crippen MR) is 111 cm³/mol. The number of hydrogen-bond donors (Lipinski definition) is 1. The number of hydrogen-bond acceptors (Lipinski definition) is 4. The summed E-state index contributed by atoms with van der Waals surface area (Å²) in [4.78, 5) is 14.8. The van der Waals surface area contributed by atoms with Crippen LogP contribution >= 0.6 is 0 Å². The molecule has 1 aliphatic heterocycles. The highest BCUT2D eigenvalue weighted by atomic mass is 16.5. The minimum Gasteiger partial charge on any atom is -0.483 e. The van der Waals surface area contributed by atoms with Crippen molar-refractivity contribution in [2.24, 2.45) is 5.92 Å². The van der Waals surface area contributed by atoms with Crippen LogP contribution in [0.25, 0.3) is 0 Å². The molecule has 3 rings (SSSR count). The summed E-state index contributed by atoms with van der Waals surface area (Å²) in [7, 11) is 0. The van der Waals surface area contributed by atoms with Crippen LogP contribution in [-0.4, -0.2) is 37.0 Å². The van der Waals surface area contributed by atoms with Crippen LogP contribution in [0.4, 0.5) is 0 Å². The SMILES string of the molecule is Cc1ccc([C@H](CNC(=O)COc2cccc(C)c2C)N2CCC(C)CC2)o1. The molecule has 0 radical (unpaired) electrons. The first-order valence-electron chi connectivity index (χ1n) is 10.2. The summed E-state index contributed by atoms with van der Waals surface area (Å²) in [5.41, 5.74) is 2.23. The summed E-state index contributed by atoms with van der Waals surface area (Å²) in [5.74, 6) is 3.23. The fourth-order valence-electron chi connectivity index (χ4n) is 3.67. The molecule has 152 valence electrons. The molecule has 0 aliphatic carbocycles. The van der Waals surface area contributed by atoms with Gasteiger partial charge < -0.3 is 14.5 Å². The number of nitrogens with one attached hydrogen (secondary N) is 1. The molecule has 1 saturated heterocycles. The van der Waals surface area contributed by atoms with Crippen LogP contribution in [0.3, 0.4) is 0 Å². The number of likely N-dealkylation sites (tertiary alicyclic amines) is 1.